The van der Waals surface area contributed by atoms with Crippen LogP contribution in [-0.4, -0.2) is 66.0 Å². The highest BCUT2D eigenvalue weighted by atomic mass is 35.5. The van der Waals surface area contributed by atoms with Gasteiger partial charge in [-0.25, -0.2) is 0 Å². The number of hydrogen-bond acceptors (Lipinski definition) is 5. The van der Waals surface area contributed by atoms with E-state index in [-0.39, 0.29) is 5.92 Å². The van der Waals surface area contributed by atoms with Crippen LogP contribution in [0.3, 0.4) is 0 Å². The third-order valence-corrected chi connectivity index (χ3v) is 6.28. The highest BCUT2D eigenvalue weighted by Crippen LogP contribution is 2.34. The summed E-state index contributed by atoms with van der Waals surface area (Å²) in [6.45, 7) is 5.85. The Kier molecular flexibility index (Phi) is 4.73. The van der Waals surface area contributed by atoms with Gasteiger partial charge in [0.1, 0.15) is 0 Å². The molecule has 1 amide bonds. The van der Waals surface area contributed by atoms with Crippen LogP contribution in [0.15, 0.2) is 12.4 Å². The van der Waals surface area contributed by atoms with Crippen LogP contribution in [0.2, 0.25) is 5.02 Å². The van der Waals surface area contributed by atoms with Crippen molar-refractivity contribution in [3.63, 3.8) is 0 Å². The number of carbonyl (C=O) groups is 1. The molecule has 136 valence electrons. The summed E-state index contributed by atoms with van der Waals surface area (Å²) in [5.41, 5.74) is 7.53. The lowest BCUT2D eigenvalue weighted by atomic mass is 9.93. The number of halogens is 1. The standard InChI is InChI=1S/C18H26ClN5O/c19-15-11-21-12-16(20)17(15)23-7-1-13(2-8-23)18(25)24-10-9-22-5-3-14(24)4-6-22/h11-14H,1-10,20H2. The van der Waals surface area contributed by atoms with Crippen LogP contribution in [0, 0.1) is 5.92 Å². The van der Waals surface area contributed by atoms with E-state index in [1.165, 1.54) is 0 Å². The fourth-order valence-corrected chi connectivity index (χ4v) is 4.82. The van der Waals surface area contributed by atoms with Crippen LogP contribution in [0.25, 0.3) is 0 Å². The molecule has 0 unspecified atom stereocenters. The zero-order valence-corrected chi connectivity index (χ0v) is 15.3. The minimum atomic E-state index is 0.130. The van der Waals surface area contributed by atoms with Crippen molar-refractivity contribution in [2.75, 3.05) is 49.9 Å². The second kappa shape index (κ2) is 7.00. The molecule has 0 aliphatic carbocycles. The van der Waals surface area contributed by atoms with Crippen molar-refractivity contribution < 1.29 is 4.79 Å². The van der Waals surface area contributed by atoms with Gasteiger partial charge in [-0.2, -0.15) is 0 Å². The third-order valence-electron chi connectivity index (χ3n) is 6.00. The van der Waals surface area contributed by atoms with Gasteiger partial charge < -0.3 is 20.4 Å². The lowest BCUT2D eigenvalue weighted by molar-refractivity contribution is -0.138. The van der Waals surface area contributed by atoms with Gasteiger partial charge in [0.15, 0.2) is 0 Å². The molecule has 0 atom stereocenters. The Bertz CT molecular complexity index is 618. The summed E-state index contributed by atoms with van der Waals surface area (Å²) in [5.74, 6) is 0.493. The van der Waals surface area contributed by atoms with Crippen molar-refractivity contribution in [1.82, 2.24) is 14.8 Å². The Morgan fingerprint density at radius 3 is 2.44 bits per heavy atom. The molecule has 0 radical (unpaired) electrons. The molecule has 2 N–H and O–H groups in total. The topological polar surface area (TPSA) is 65.7 Å². The summed E-state index contributed by atoms with van der Waals surface area (Å²) in [6, 6.07) is 0.453. The minimum absolute atomic E-state index is 0.130. The van der Waals surface area contributed by atoms with Crippen molar-refractivity contribution in [2.24, 2.45) is 5.92 Å². The van der Waals surface area contributed by atoms with Gasteiger partial charge in [-0.1, -0.05) is 11.6 Å². The van der Waals surface area contributed by atoms with E-state index in [1.54, 1.807) is 12.4 Å². The van der Waals surface area contributed by atoms with Gasteiger partial charge in [0, 0.05) is 57.4 Å². The molecule has 1 aromatic rings. The van der Waals surface area contributed by atoms with Crippen molar-refractivity contribution in [1.29, 1.82) is 0 Å². The SMILES string of the molecule is Nc1cncc(Cl)c1N1CCC(C(=O)N2CCN3CCC2CC3)CC1. The number of rotatable bonds is 2. The lowest BCUT2D eigenvalue weighted by Gasteiger charge is -2.38. The fourth-order valence-electron chi connectivity index (χ4n) is 4.54. The van der Waals surface area contributed by atoms with E-state index in [1.807, 2.05) is 0 Å². The van der Waals surface area contributed by atoms with Crippen LogP contribution in [0.4, 0.5) is 11.4 Å². The highest BCUT2D eigenvalue weighted by Gasteiger charge is 2.36. The van der Waals surface area contributed by atoms with E-state index >= 15 is 0 Å². The van der Waals surface area contributed by atoms with Gasteiger partial charge in [-0.15, -0.1) is 0 Å². The normalized spacial score (nSPS) is 27.4. The number of fused-ring (bicyclic) bond motifs is 4. The van der Waals surface area contributed by atoms with E-state index in [2.05, 4.69) is 19.7 Å². The van der Waals surface area contributed by atoms with Crippen LogP contribution in [0.1, 0.15) is 25.7 Å². The Balaban J connectivity index is 1.41. The molecule has 1 aromatic heterocycles. The number of piperidine rings is 2. The Hall–Kier alpha value is -1.53. The van der Waals surface area contributed by atoms with Crippen molar-refractivity contribution in [3.05, 3.63) is 17.4 Å². The average Bonchev–Trinajstić information content (AvgIpc) is 2.95. The summed E-state index contributed by atoms with van der Waals surface area (Å²) >= 11 is 6.28. The smallest absolute Gasteiger partial charge is 0.226 e. The predicted molar refractivity (Wildman–Crippen MR) is 99.8 cm³/mol. The van der Waals surface area contributed by atoms with E-state index in [0.717, 1.165) is 70.6 Å². The first kappa shape index (κ1) is 16.9. The molecule has 5 heterocycles. The number of hydrogen-bond donors (Lipinski definition) is 1. The molecule has 2 bridgehead atoms. The molecule has 4 fully saturated rings. The van der Waals surface area contributed by atoms with Gasteiger partial charge >= 0.3 is 0 Å². The van der Waals surface area contributed by atoms with Gasteiger partial charge in [0.05, 0.1) is 22.6 Å². The maximum atomic E-state index is 13.1. The average molecular weight is 364 g/mol. The number of nitrogens with two attached hydrogens (primary N) is 1. The van der Waals surface area contributed by atoms with E-state index in [9.17, 15) is 4.79 Å². The zero-order valence-electron chi connectivity index (χ0n) is 14.5. The third kappa shape index (κ3) is 3.29. The summed E-state index contributed by atoms with van der Waals surface area (Å²) in [7, 11) is 0. The maximum Gasteiger partial charge on any atom is 0.226 e. The molecule has 4 aliphatic heterocycles. The molecule has 0 saturated carbocycles. The number of aromatic nitrogens is 1. The van der Waals surface area contributed by atoms with Gasteiger partial charge in [0.2, 0.25) is 5.91 Å². The predicted octanol–water partition coefficient (Wildman–Crippen LogP) is 1.84. The second-order valence-electron chi connectivity index (χ2n) is 7.42. The van der Waals surface area contributed by atoms with Crippen molar-refractivity contribution in [3.8, 4) is 0 Å². The van der Waals surface area contributed by atoms with Crippen LogP contribution >= 0.6 is 11.6 Å². The monoisotopic (exact) mass is 363 g/mol. The molecule has 4 aliphatic rings. The quantitative estimate of drug-likeness (QED) is 0.868. The molecular formula is C18H26ClN5O. The second-order valence-corrected chi connectivity index (χ2v) is 7.83. The van der Waals surface area contributed by atoms with E-state index in [4.69, 9.17) is 17.3 Å². The molecule has 5 rings (SSSR count). The largest absolute Gasteiger partial charge is 0.396 e. The fraction of sp³-hybridized carbons (Fsp3) is 0.667. The molecule has 25 heavy (non-hydrogen) atoms. The van der Waals surface area contributed by atoms with Gasteiger partial charge in [-0.05, 0) is 25.7 Å². The van der Waals surface area contributed by atoms with Crippen LogP contribution in [0.5, 0.6) is 0 Å². The molecule has 4 saturated heterocycles. The molecule has 6 nitrogen and oxygen atoms in total. The molecular weight excluding hydrogens is 338 g/mol. The zero-order chi connectivity index (χ0) is 17.4. The molecule has 7 heteroatoms. The number of anilines is 2. The summed E-state index contributed by atoms with van der Waals surface area (Å²) < 4.78 is 0. The van der Waals surface area contributed by atoms with Crippen LogP contribution in [-0.2, 0) is 4.79 Å². The van der Waals surface area contributed by atoms with Gasteiger partial charge in [0.25, 0.3) is 0 Å². The maximum absolute atomic E-state index is 13.1. The van der Waals surface area contributed by atoms with E-state index < -0.39 is 0 Å². The van der Waals surface area contributed by atoms with Crippen LogP contribution < -0.4 is 10.6 Å². The lowest BCUT2D eigenvalue weighted by Crippen LogP contribution is -2.47. The molecule has 0 aromatic carbocycles. The van der Waals surface area contributed by atoms with Crippen molar-refractivity contribution in [2.45, 2.75) is 31.7 Å². The highest BCUT2D eigenvalue weighted by molar-refractivity contribution is 6.33. The summed E-state index contributed by atoms with van der Waals surface area (Å²) in [4.78, 5) is 24.0. The van der Waals surface area contributed by atoms with Crippen molar-refractivity contribution >= 4 is 28.9 Å². The number of carbonyl (C=O) groups excluding carboxylic acids is 1. The Morgan fingerprint density at radius 2 is 1.76 bits per heavy atom. The Morgan fingerprint density at radius 1 is 1.04 bits per heavy atom. The van der Waals surface area contributed by atoms with Gasteiger partial charge in [-0.3, -0.25) is 9.78 Å². The minimum Gasteiger partial charge on any atom is -0.396 e. The first-order chi connectivity index (χ1) is 12.1. The number of nitrogen functional groups attached to an aromatic ring is 1. The van der Waals surface area contributed by atoms with E-state index in [0.29, 0.717) is 22.7 Å². The number of pyridine rings is 1. The number of nitrogens with zero attached hydrogens (tertiary/aromatic N) is 4. The number of amides is 1. The first-order valence-corrected chi connectivity index (χ1v) is 9.68. The summed E-state index contributed by atoms with van der Waals surface area (Å²) in [5, 5.41) is 0.586. The molecule has 0 spiro atoms. The summed E-state index contributed by atoms with van der Waals surface area (Å²) in [6.07, 6.45) is 7.27. The first-order valence-electron chi connectivity index (χ1n) is 9.30. The Labute approximate surface area is 153 Å².